The molecule has 0 saturated carbocycles. The lowest BCUT2D eigenvalue weighted by atomic mass is 9.97. The lowest BCUT2D eigenvalue weighted by Crippen LogP contribution is -2.34. The number of aryl methyl sites for hydroxylation is 1. The first kappa shape index (κ1) is 12.7. The molecule has 0 amide bonds. The predicted molar refractivity (Wildman–Crippen MR) is 84.6 cm³/mol. The molecule has 0 fully saturated rings. The molecule has 106 valence electrons. The van der Waals surface area contributed by atoms with Gasteiger partial charge >= 0.3 is 0 Å². The molecule has 3 heterocycles. The molecule has 21 heavy (non-hydrogen) atoms. The van der Waals surface area contributed by atoms with Crippen molar-refractivity contribution >= 4 is 27.4 Å². The quantitative estimate of drug-likeness (QED) is 0.750. The van der Waals surface area contributed by atoms with Gasteiger partial charge in [-0.25, -0.2) is 9.97 Å². The molecule has 5 heteroatoms. The molecule has 4 nitrogen and oxygen atoms in total. The Labute approximate surface area is 126 Å². The molecular weight excluding hydrogens is 282 g/mol. The number of nitrogens with zero attached hydrogens (tertiary/aromatic N) is 3. The van der Waals surface area contributed by atoms with Gasteiger partial charge in [0.15, 0.2) is 0 Å². The number of fused-ring (bicyclic) bond motifs is 2. The summed E-state index contributed by atoms with van der Waals surface area (Å²) < 4.78 is 1.10. The van der Waals surface area contributed by atoms with Crippen molar-refractivity contribution in [2.75, 3.05) is 11.4 Å². The molecule has 4 rings (SSSR count). The number of hydrogen-bond acceptors (Lipinski definition) is 5. The molecule has 0 spiro atoms. The van der Waals surface area contributed by atoms with Gasteiger partial charge in [0.25, 0.3) is 0 Å². The summed E-state index contributed by atoms with van der Waals surface area (Å²) in [5.41, 5.74) is 4.38. The van der Waals surface area contributed by atoms with E-state index in [1.807, 2.05) is 18.2 Å². The number of rotatable bonds is 1. The van der Waals surface area contributed by atoms with Crippen molar-refractivity contribution in [3.05, 3.63) is 52.7 Å². The highest BCUT2D eigenvalue weighted by atomic mass is 32.1. The van der Waals surface area contributed by atoms with Crippen LogP contribution in [0.3, 0.4) is 0 Å². The normalized spacial score (nSPS) is 18.0. The Hall–Kier alpha value is -1.98. The van der Waals surface area contributed by atoms with Crippen molar-refractivity contribution in [1.82, 2.24) is 9.97 Å². The maximum atomic E-state index is 10.4. The first-order valence-electron chi connectivity index (χ1n) is 6.93. The number of anilines is 1. The molecule has 1 aliphatic rings. The molecule has 1 aromatic carbocycles. The standard InChI is InChI=1S/C16H15N3OS/c1-10-8-21-15-14(10)17-9-18-16(15)19-6-11-4-2-3-5-12(11)13(20)7-19/h2-5,8-9,13,20H,6-7H2,1H3/t13-/m1/s1. The van der Waals surface area contributed by atoms with Gasteiger partial charge in [0.1, 0.15) is 12.1 Å². The number of benzene rings is 1. The fourth-order valence-corrected chi connectivity index (χ4v) is 3.94. The highest BCUT2D eigenvalue weighted by molar-refractivity contribution is 7.18. The predicted octanol–water partition coefficient (Wildman–Crippen LogP) is 3.05. The van der Waals surface area contributed by atoms with Gasteiger partial charge in [0, 0.05) is 13.1 Å². The number of hydrogen-bond donors (Lipinski definition) is 1. The second-order valence-corrected chi connectivity index (χ2v) is 6.27. The van der Waals surface area contributed by atoms with E-state index in [4.69, 9.17) is 0 Å². The maximum absolute atomic E-state index is 10.4. The van der Waals surface area contributed by atoms with E-state index in [1.54, 1.807) is 17.7 Å². The molecular formula is C16H15N3OS. The summed E-state index contributed by atoms with van der Waals surface area (Å²) in [7, 11) is 0. The molecule has 0 bridgehead atoms. The zero-order chi connectivity index (χ0) is 14.4. The average Bonchev–Trinajstić information content (AvgIpc) is 2.89. The third-order valence-electron chi connectivity index (χ3n) is 3.98. The third kappa shape index (κ3) is 2.01. The second-order valence-electron chi connectivity index (χ2n) is 5.39. The smallest absolute Gasteiger partial charge is 0.150 e. The molecule has 3 aromatic rings. The summed E-state index contributed by atoms with van der Waals surface area (Å²) in [6.07, 6.45) is 1.14. The molecule has 1 N–H and O–H groups in total. The molecule has 0 saturated heterocycles. The van der Waals surface area contributed by atoms with Crippen molar-refractivity contribution in [3.8, 4) is 0 Å². The molecule has 0 aliphatic carbocycles. The van der Waals surface area contributed by atoms with Crippen LogP contribution in [0.2, 0.25) is 0 Å². The molecule has 1 atom stereocenters. The largest absolute Gasteiger partial charge is 0.387 e. The van der Waals surface area contributed by atoms with Gasteiger partial charge < -0.3 is 10.0 Å². The molecule has 2 aromatic heterocycles. The van der Waals surface area contributed by atoms with E-state index >= 15 is 0 Å². The van der Waals surface area contributed by atoms with Gasteiger partial charge in [-0.3, -0.25) is 0 Å². The van der Waals surface area contributed by atoms with Crippen molar-refractivity contribution in [2.24, 2.45) is 0 Å². The minimum Gasteiger partial charge on any atom is -0.387 e. The van der Waals surface area contributed by atoms with Gasteiger partial charge in [0.2, 0.25) is 0 Å². The van der Waals surface area contributed by atoms with E-state index in [0.29, 0.717) is 6.54 Å². The minimum atomic E-state index is -0.471. The van der Waals surface area contributed by atoms with Gasteiger partial charge in [-0.2, -0.15) is 0 Å². The SMILES string of the molecule is Cc1csc2c(N3Cc4ccccc4[C@H](O)C3)ncnc12. The zero-order valence-corrected chi connectivity index (χ0v) is 12.5. The molecule has 0 unspecified atom stereocenters. The van der Waals surface area contributed by atoms with E-state index in [9.17, 15) is 5.11 Å². The fraction of sp³-hybridized carbons (Fsp3) is 0.250. The third-order valence-corrected chi connectivity index (χ3v) is 5.06. The first-order valence-corrected chi connectivity index (χ1v) is 7.81. The highest BCUT2D eigenvalue weighted by Gasteiger charge is 2.25. The van der Waals surface area contributed by atoms with E-state index in [2.05, 4.69) is 33.2 Å². The van der Waals surface area contributed by atoms with Crippen molar-refractivity contribution < 1.29 is 5.11 Å². The summed E-state index contributed by atoms with van der Waals surface area (Å²) in [4.78, 5) is 11.0. The van der Waals surface area contributed by atoms with E-state index in [-0.39, 0.29) is 0 Å². The Morgan fingerprint density at radius 1 is 1.29 bits per heavy atom. The zero-order valence-electron chi connectivity index (χ0n) is 11.7. The lowest BCUT2D eigenvalue weighted by molar-refractivity contribution is 0.175. The van der Waals surface area contributed by atoms with Crippen LogP contribution in [-0.2, 0) is 6.54 Å². The summed E-state index contributed by atoms with van der Waals surface area (Å²) >= 11 is 1.67. The number of aromatic nitrogens is 2. The van der Waals surface area contributed by atoms with Crippen LogP contribution < -0.4 is 4.90 Å². The van der Waals surface area contributed by atoms with E-state index < -0.39 is 6.10 Å². The van der Waals surface area contributed by atoms with Crippen LogP contribution in [0.5, 0.6) is 0 Å². The highest BCUT2D eigenvalue weighted by Crippen LogP contribution is 2.35. The maximum Gasteiger partial charge on any atom is 0.150 e. The van der Waals surface area contributed by atoms with Crippen LogP contribution in [0.15, 0.2) is 36.0 Å². The van der Waals surface area contributed by atoms with Crippen LogP contribution in [0.1, 0.15) is 22.8 Å². The monoisotopic (exact) mass is 297 g/mol. The van der Waals surface area contributed by atoms with Crippen LogP contribution in [0.25, 0.3) is 10.2 Å². The van der Waals surface area contributed by atoms with Gasteiger partial charge in [-0.1, -0.05) is 24.3 Å². The summed E-state index contributed by atoms with van der Waals surface area (Å²) in [5.74, 6) is 0.923. The molecule has 1 aliphatic heterocycles. The van der Waals surface area contributed by atoms with Crippen LogP contribution in [0, 0.1) is 6.92 Å². The van der Waals surface area contributed by atoms with Gasteiger partial charge in [-0.05, 0) is 29.0 Å². The Bertz CT molecular complexity index is 814. The van der Waals surface area contributed by atoms with E-state index in [0.717, 1.165) is 33.7 Å². The Morgan fingerprint density at radius 2 is 2.14 bits per heavy atom. The van der Waals surface area contributed by atoms with Crippen LogP contribution in [-0.4, -0.2) is 21.6 Å². The number of thiophene rings is 1. The van der Waals surface area contributed by atoms with Crippen molar-refractivity contribution in [2.45, 2.75) is 19.6 Å². The topological polar surface area (TPSA) is 49.2 Å². The summed E-state index contributed by atoms with van der Waals surface area (Å²) in [6.45, 7) is 3.41. The van der Waals surface area contributed by atoms with Gasteiger partial charge in [0.05, 0.1) is 16.3 Å². The van der Waals surface area contributed by atoms with Crippen molar-refractivity contribution in [3.63, 3.8) is 0 Å². The lowest BCUT2D eigenvalue weighted by Gasteiger charge is -2.33. The number of aliphatic hydroxyl groups excluding tert-OH is 1. The Kier molecular flexibility index (Phi) is 2.90. The van der Waals surface area contributed by atoms with Crippen molar-refractivity contribution in [1.29, 1.82) is 0 Å². The second kappa shape index (κ2) is 4.79. The number of aliphatic hydroxyl groups is 1. The first-order chi connectivity index (χ1) is 10.2. The van der Waals surface area contributed by atoms with Crippen LogP contribution in [0.4, 0.5) is 5.82 Å². The fourth-order valence-electron chi connectivity index (χ4n) is 2.92. The Morgan fingerprint density at radius 3 is 3.05 bits per heavy atom. The summed E-state index contributed by atoms with van der Waals surface area (Å²) in [6, 6.07) is 8.06. The number of β-amino-alcohol motifs (C(OH)–C–C–N with tert-alkyl or cyclic N) is 1. The average molecular weight is 297 g/mol. The van der Waals surface area contributed by atoms with Gasteiger partial charge in [-0.15, -0.1) is 11.3 Å². The van der Waals surface area contributed by atoms with Crippen LogP contribution >= 0.6 is 11.3 Å². The summed E-state index contributed by atoms with van der Waals surface area (Å²) in [5, 5.41) is 12.5. The molecule has 0 radical (unpaired) electrons. The minimum absolute atomic E-state index is 0.471. The van der Waals surface area contributed by atoms with E-state index in [1.165, 1.54) is 5.56 Å². The Balaban J connectivity index is 1.81.